The lowest BCUT2D eigenvalue weighted by molar-refractivity contribution is -0.147. The molecule has 120 valence electrons. The first kappa shape index (κ1) is 16.9. The van der Waals surface area contributed by atoms with Gasteiger partial charge in [-0.1, -0.05) is 26.0 Å². The SMILES string of the molecule is CCC(CC)N(C)C(=O)[C@@H](O)[C@@H](O)c1nc2ccccc2s1. The Morgan fingerprint density at radius 2 is 1.91 bits per heavy atom. The van der Waals surface area contributed by atoms with E-state index in [1.54, 1.807) is 7.05 Å². The minimum Gasteiger partial charge on any atom is -0.383 e. The summed E-state index contributed by atoms with van der Waals surface area (Å²) in [6.07, 6.45) is -1.18. The van der Waals surface area contributed by atoms with E-state index in [1.165, 1.54) is 16.2 Å². The standard InChI is InChI=1S/C16H22N2O3S/c1-4-10(5-2)18(3)16(21)14(20)13(19)15-17-11-8-6-7-9-12(11)22-15/h6-10,13-14,19-20H,4-5H2,1-3H3/t13-,14+/m1/s1. The minimum atomic E-state index is -1.49. The maximum Gasteiger partial charge on any atom is 0.254 e. The van der Waals surface area contributed by atoms with E-state index >= 15 is 0 Å². The van der Waals surface area contributed by atoms with Crippen molar-refractivity contribution >= 4 is 27.5 Å². The quantitative estimate of drug-likeness (QED) is 0.856. The van der Waals surface area contributed by atoms with Crippen LogP contribution in [0, 0.1) is 0 Å². The van der Waals surface area contributed by atoms with Crippen LogP contribution >= 0.6 is 11.3 Å². The van der Waals surface area contributed by atoms with Crippen molar-refractivity contribution in [1.29, 1.82) is 0 Å². The van der Waals surface area contributed by atoms with E-state index < -0.39 is 18.1 Å². The molecular weight excluding hydrogens is 300 g/mol. The van der Waals surface area contributed by atoms with E-state index in [9.17, 15) is 15.0 Å². The van der Waals surface area contributed by atoms with Crippen LogP contribution < -0.4 is 0 Å². The summed E-state index contributed by atoms with van der Waals surface area (Å²) >= 11 is 1.29. The van der Waals surface area contributed by atoms with Gasteiger partial charge in [0.1, 0.15) is 11.1 Å². The smallest absolute Gasteiger partial charge is 0.254 e. The first-order chi connectivity index (χ1) is 10.5. The second-order valence-corrected chi connectivity index (χ2v) is 6.39. The van der Waals surface area contributed by atoms with Crippen molar-refractivity contribution in [2.45, 2.75) is 44.9 Å². The van der Waals surface area contributed by atoms with E-state index in [4.69, 9.17) is 0 Å². The number of rotatable bonds is 6. The van der Waals surface area contributed by atoms with Gasteiger partial charge in [0.05, 0.1) is 10.2 Å². The molecule has 2 aromatic rings. The summed E-state index contributed by atoms with van der Waals surface area (Å²) in [5, 5.41) is 20.8. The van der Waals surface area contributed by atoms with Crippen LogP contribution in [0.1, 0.15) is 37.8 Å². The molecule has 2 rings (SSSR count). The number of nitrogens with zero attached hydrogens (tertiary/aromatic N) is 2. The van der Waals surface area contributed by atoms with Crippen molar-refractivity contribution in [3.05, 3.63) is 29.3 Å². The van der Waals surface area contributed by atoms with Gasteiger partial charge in [-0.05, 0) is 25.0 Å². The molecule has 1 heterocycles. The van der Waals surface area contributed by atoms with Crippen molar-refractivity contribution < 1.29 is 15.0 Å². The van der Waals surface area contributed by atoms with E-state index in [0.717, 1.165) is 23.1 Å². The topological polar surface area (TPSA) is 73.7 Å². The first-order valence-corrected chi connectivity index (χ1v) is 8.29. The van der Waals surface area contributed by atoms with Gasteiger partial charge in [-0.15, -0.1) is 11.3 Å². The molecule has 0 saturated heterocycles. The summed E-state index contributed by atoms with van der Waals surface area (Å²) in [6.45, 7) is 3.99. The summed E-state index contributed by atoms with van der Waals surface area (Å²) in [4.78, 5) is 18.1. The molecule has 0 bridgehead atoms. The minimum absolute atomic E-state index is 0.0599. The fourth-order valence-electron chi connectivity index (χ4n) is 2.51. The predicted octanol–water partition coefficient (Wildman–Crippen LogP) is 2.34. The van der Waals surface area contributed by atoms with E-state index in [0.29, 0.717) is 5.01 Å². The van der Waals surface area contributed by atoms with Gasteiger partial charge in [-0.3, -0.25) is 4.79 Å². The van der Waals surface area contributed by atoms with Crippen LogP contribution in [0.15, 0.2) is 24.3 Å². The molecule has 0 aliphatic rings. The number of thiazole rings is 1. The first-order valence-electron chi connectivity index (χ1n) is 7.47. The third-order valence-corrected chi connectivity index (χ3v) is 5.06. The zero-order chi connectivity index (χ0) is 16.3. The van der Waals surface area contributed by atoms with E-state index in [2.05, 4.69) is 4.98 Å². The van der Waals surface area contributed by atoms with Crippen molar-refractivity contribution in [3.8, 4) is 0 Å². The highest BCUT2D eigenvalue weighted by Gasteiger charge is 2.32. The van der Waals surface area contributed by atoms with Gasteiger partial charge in [0.25, 0.3) is 5.91 Å². The number of likely N-dealkylation sites (N-methyl/N-ethyl adjacent to an activating group) is 1. The molecule has 1 aromatic carbocycles. The van der Waals surface area contributed by atoms with E-state index in [1.807, 2.05) is 38.1 Å². The number of aliphatic hydroxyl groups is 2. The Hall–Kier alpha value is -1.50. The van der Waals surface area contributed by atoms with Gasteiger partial charge in [-0.25, -0.2) is 4.98 Å². The van der Waals surface area contributed by atoms with Gasteiger partial charge in [0, 0.05) is 13.1 Å². The number of hydrogen-bond acceptors (Lipinski definition) is 5. The second kappa shape index (κ2) is 7.17. The molecule has 1 amide bonds. The van der Waals surface area contributed by atoms with Gasteiger partial charge in [-0.2, -0.15) is 0 Å². The third-order valence-electron chi connectivity index (χ3n) is 3.95. The average Bonchev–Trinajstić information content (AvgIpc) is 2.97. The Balaban J connectivity index is 2.17. The predicted molar refractivity (Wildman–Crippen MR) is 87.7 cm³/mol. The second-order valence-electron chi connectivity index (χ2n) is 5.33. The molecule has 0 unspecified atom stereocenters. The Morgan fingerprint density at radius 3 is 2.50 bits per heavy atom. The van der Waals surface area contributed by atoms with Crippen LogP contribution in [0.25, 0.3) is 10.2 Å². The highest BCUT2D eigenvalue weighted by molar-refractivity contribution is 7.18. The summed E-state index contributed by atoms with van der Waals surface area (Å²) in [5.41, 5.74) is 0.759. The lowest BCUT2D eigenvalue weighted by atomic mass is 10.1. The summed E-state index contributed by atoms with van der Waals surface area (Å²) in [6, 6.07) is 7.55. The Bertz CT molecular complexity index is 606. The summed E-state index contributed by atoms with van der Waals surface area (Å²) in [5.74, 6) is -0.472. The van der Waals surface area contributed by atoms with Crippen LogP contribution in [-0.2, 0) is 4.79 Å². The normalized spacial score (nSPS) is 14.3. The van der Waals surface area contributed by atoms with Crippen LogP contribution in [0.3, 0.4) is 0 Å². The van der Waals surface area contributed by atoms with Crippen LogP contribution in [0.4, 0.5) is 0 Å². The molecule has 0 radical (unpaired) electrons. The van der Waals surface area contributed by atoms with E-state index in [-0.39, 0.29) is 6.04 Å². The molecule has 0 saturated carbocycles. The Morgan fingerprint density at radius 1 is 1.27 bits per heavy atom. The van der Waals surface area contributed by atoms with Gasteiger partial charge >= 0.3 is 0 Å². The highest BCUT2D eigenvalue weighted by Crippen LogP contribution is 2.28. The van der Waals surface area contributed by atoms with Crippen molar-refractivity contribution in [3.63, 3.8) is 0 Å². The summed E-state index contributed by atoms with van der Waals surface area (Å²) in [7, 11) is 1.66. The lowest BCUT2D eigenvalue weighted by Crippen LogP contribution is -2.44. The highest BCUT2D eigenvalue weighted by atomic mass is 32.1. The number of carbonyl (C=O) groups is 1. The zero-order valence-electron chi connectivity index (χ0n) is 13.1. The fourth-order valence-corrected chi connectivity index (χ4v) is 3.50. The van der Waals surface area contributed by atoms with Crippen LogP contribution in [0.5, 0.6) is 0 Å². The number of carbonyl (C=O) groups excluding carboxylic acids is 1. The maximum atomic E-state index is 12.3. The monoisotopic (exact) mass is 322 g/mol. The molecule has 1 aromatic heterocycles. The molecule has 0 aliphatic heterocycles. The van der Waals surface area contributed by atoms with Crippen molar-refractivity contribution in [1.82, 2.24) is 9.88 Å². The molecular formula is C16H22N2O3S. The number of fused-ring (bicyclic) bond motifs is 1. The maximum absolute atomic E-state index is 12.3. The van der Waals surface area contributed by atoms with Crippen LogP contribution in [-0.4, -0.2) is 45.2 Å². The van der Waals surface area contributed by atoms with Crippen LogP contribution in [0.2, 0.25) is 0 Å². The Kier molecular flexibility index (Phi) is 5.50. The molecule has 0 spiro atoms. The van der Waals surface area contributed by atoms with Gasteiger partial charge < -0.3 is 15.1 Å². The molecule has 22 heavy (non-hydrogen) atoms. The molecule has 2 N–H and O–H groups in total. The summed E-state index contributed by atoms with van der Waals surface area (Å²) < 4.78 is 0.921. The molecule has 5 nitrogen and oxygen atoms in total. The number of benzene rings is 1. The van der Waals surface area contributed by atoms with Crippen molar-refractivity contribution in [2.24, 2.45) is 0 Å². The molecule has 0 fully saturated rings. The Labute approximate surface area is 134 Å². The number of aliphatic hydroxyl groups excluding tert-OH is 2. The number of para-hydroxylation sites is 1. The molecule has 0 aliphatic carbocycles. The lowest BCUT2D eigenvalue weighted by Gasteiger charge is -2.29. The third kappa shape index (κ3) is 3.29. The number of amides is 1. The fraction of sp³-hybridized carbons (Fsp3) is 0.500. The van der Waals surface area contributed by atoms with Crippen molar-refractivity contribution in [2.75, 3.05) is 7.05 Å². The van der Waals surface area contributed by atoms with Gasteiger partial charge in [0.2, 0.25) is 0 Å². The molecule has 2 atom stereocenters. The van der Waals surface area contributed by atoms with Gasteiger partial charge in [0.15, 0.2) is 6.10 Å². The molecule has 6 heteroatoms. The number of hydrogen-bond donors (Lipinski definition) is 2. The average molecular weight is 322 g/mol. The largest absolute Gasteiger partial charge is 0.383 e. The number of aromatic nitrogens is 1. The zero-order valence-corrected chi connectivity index (χ0v) is 13.9.